The largest absolute Gasteiger partial charge is 0.479 e. The zero-order valence-electron chi connectivity index (χ0n) is 24.6. The number of alkyl halides is 2. The number of fused-ring (bicyclic) bond motifs is 5. The van der Waals surface area contributed by atoms with Crippen LogP contribution in [0.3, 0.4) is 0 Å². The summed E-state index contributed by atoms with van der Waals surface area (Å²) < 4.78 is 52.1. The van der Waals surface area contributed by atoms with Crippen molar-refractivity contribution in [1.82, 2.24) is 34.2 Å². The summed E-state index contributed by atoms with van der Waals surface area (Å²) in [6, 6.07) is 5.16. The van der Waals surface area contributed by atoms with Gasteiger partial charge < -0.3 is 24.5 Å². The molecule has 0 saturated heterocycles. The predicted molar refractivity (Wildman–Crippen MR) is 157 cm³/mol. The lowest BCUT2D eigenvalue weighted by atomic mass is 9.96. The van der Waals surface area contributed by atoms with Gasteiger partial charge in [-0.05, 0) is 18.4 Å². The molecule has 1 fully saturated rings. The second-order valence-corrected chi connectivity index (χ2v) is 11.3. The second kappa shape index (κ2) is 10.2. The van der Waals surface area contributed by atoms with Crippen LogP contribution in [0.1, 0.15) is 30.9 Å². The molecule has 0 spiro atoms. The lowest BCUT2D eigenvalue weighted by molar-refractivity contribution is -0.0550. The Morgan fingerprint density at radius 3 is 2.68 bits per heavy atom. The van der Waals surface area contributed by atoms with Crippen molar-refractivity contribution >= 4 is 28.2 Å². The molecular weight excluding hydrogens is 576 g/mol. The molecule has 3 aliphatic rings. The van der Waals surface area contributed by atoms with Gasteiger partial charge in [-0.2, -0.15) is 0 Å². The minimum Gasteiger partial charge on any atom is -0.479 e. The first-order valence-corrected chi connectivity index (χ1v) is 14.3. The van der Waals surface area contributed by atoms with E-state index in [-0.39, 0.29) is 17.9 Å². The predicted octanol–water partition coefficient (Wildman–Crippen LogP) is 4.23. The number of benzene rings is 1. The lowest BCUT2D eigenvalue weighted by Gasteiger charge is -2.22. The molecule has 4 aromatic heterocycles. The summed E-state index contributed by atoms with van der Waals surface area (Å²) >= 11 is 0. The van der Waals surface area contributed by atoms with Gasteiger partial charge in [-0.3, -0.25) is 13.8 Å². The zero-order valence-corrected chi connectivity index (χ0v) is 24.6. The highest BCUT2D eigenvalue weighted by Crippen LogP contribution is 2.45. The molecule has 2 aliphatic heterocycles. The van der Waals surface area contributed by atoms with E-state index in [0.717, 1.165) is 0 Å². The summed E-state index contributed by atoms with van der Waals surface area (Å²) in [4.78, 5) is 34.3. The molecule has 6 heterocycles. The molecule has 2 N–H and O–H groups in total. The van der Waals surface area contributed by atoms with Crippen LogP contribution in [0.25, 0.3) is 44.5 Å². The Bertz CT molecular complexity index is 1970. The molecule has 1 aromatic carbocycles. The highest BCUT2D eigenvalue weighted by molar-refractivity contribution is 6.14. The summed E-state index contributed by atoms with van der Waals surface area (Å²) in [6.45, 7) is -0.241. The van der Waals surface area contributed by atoms with Crippen LogP contribution in [-0.4, -0.2) is 67.9 Å². The summed E-state index contributed by atoms with van der Waals surface area (Å²) in [5, 5.41) is 7.85. The molecular formula is C30H31F2N7O5. The molecule has 0 radical (unpaired) electrons. The third-order valence-corrected chi connectivity index (χ3v) is 8.81. The highest BCUT2D eigenvalue weighted by atomic mass is 19.3. The zero-order chi connectivity index (χ0) is 30.9. The first-order valence-electron chi connectivity index (χ1n) is 14.3. The fourth-order valence-electron chi connectivity index (χ4n) is 6.69. The Hall–Kier alpha value is -4.72. The fraction of sp³-hybridized carbons (Fsp3) is 0.400. The second-order valence-electron chi connectivity index (χ2n) is 11.3. The Labute approximate surface area is 249 Å². The summed E-state index contributed by atoms with van der Waals surface area (Å²) in [5.41, 5.74) is 3.90. The van der Waals surface area contributed by atoms with Gasteiger partial charge in [-0.25, -0.2) is 23.4 Å². The number of nitrogens with one attached hydrogen (secondary N) is 2. The van der Waals surface area contributed by atoms with Gasteiger partial charge >= 0.3 is 11.8 Å². The van der Waals surface area contributed by atoms with Gasteiger partial charge in [0.25, 0.3) is 5.92 Å². The van der Waals surface area contributed by atoms with E-state index in [0.29, 0.717) is 63.2 Å². The number of carbonyl (C=O) groups is 1. The van der Waals surface area contributed by atoms with E-state index in [1.807, 2.05) is 0 Å². The topological polar surface area (TPSA) is 130 Å². The standard InChI is InChI=1S/C30H31F2N7O5/c1-37-14-18(27(36-37)42-3)24-22-15-5-7-16(8-6-15)30(31,32)9-10-44-21-12-17(11-19(21)34-28(40)43-4)39-25-20(38(2)29(39)41)13-33-26(35-24)23(22)25/h5-8,13-14,17,19,21H,9-12H2,1-4H3,(H,33,35)(H,34,40)/t17-,19-,21+/m0/s1. The van der Waals surface area contributed by atoms with Gasteiger partial charge in [0, 0.05) is 43.9 Å². The molecule has 1 saturated carbocycles. The van der Waals surface area contributed by atoms with E-state index in [1.54, 1.807) is 52.4 Å². The number of alkyl carbamates (subject to hydrolysis) is 1. The molecule has 44 heavy (non-hydrogen) atoms. The van der Waals surface area contributed by atoms with E-state index in [1.165, 1.54) is 26.4 Å². The Morgan fingerprint density at radius 2 is 1.95 bits per heavy atom. The number of halogens is 2. The average Bonchev–Trinajstić information content (AvgIpc) is 3.75. The quantitative estimate of drug-likeness (QED) is 0.314. The van der Waals surface area contributed by atoms with Crippen molar-refractivity contribution < 1.29 is 27.8 Å². The van der Waals surface area contributed by atoms with Gasteiger partial charge in [0.1, 0.15) is 5.65 Å². The van der Waals surface area contributed by atoms with Crippen LogP contribution in [-0.2, 0) is 29.5 Å². The van der Waals surface area contributed by atoms with Crippen molar-refractivity contribution in [1.29, 1.82) is 0 Å². The molecule has 0 unspecified atom stereocenters. The molecule has 14 heteroatoms. The number of imidazole rings is 1. The average molecular weight is 608 g/mol. The first kappa shape index (κ1) is 28.1. The molecule has 1 aliphatic carbocycles. The maximum atomic E-state index is 15.4. The molecule has 12 nitrogen and oxygen atoms in total. The van der Waals surface area contributed by atoms with Crippen molar-refractivity contribution in [2.24, 2.45) is 14.1 Å². The molecule has 230 valence electrons. The van der Waals surface area contributed by atoms with Crippen molar-refractivity contribution in [2.45, 2.75) is 43.4 Å². The number of aromatic nitrogens is 6. The molecule has 1 amide bonds. The van der Waals surface area contributed by atoms with Gasteiger partial charge in [0.2, 0.25) is 5.88 Å². The molecule has 3 atom stereocenters. The monoisotopic (exact) mass is 607 g/mol. The number of nitrogens with zero attached hydrogens (tertiary/aromatic N) is 5. The number of aryl methyl sites for hydroxylation is 2. The number of hydrogen-bond acceptors (Lipinski definition) is 7. The van der Waals surface area contributed by atoms with Crippen molar-refractivity contribution in [3.63, 3.8) is 0 Å². The van der Waals surface area contributed by atoms with Crippen LogP contribution < -0.4 is 15.7 Å². The number of pyridine rings is 1. The van der Waals surface area contributed by atoms with Crippen molar-refractivity contribution in [2.75, 3.05) is 20.8 Å². The fourth-order valence-corrected chi connectivity index (χ4v) is 6.69. The lowest BCUT2D eigenvalue weighted by Crippen LogP contribution is -2.41. The van der Waals surface area contributed by atoms with Crippen LogP contribution in [0, 0.1) is 0 Å². The van der Waals surface area contributed by atoms with Crippen LogP contribution >= 0.6 is 0 Å². The molecule has 4 bridgehead atoms. The normalized spacial score (nSPS) is 21.1. The van der Waals surface area contributed by atoms with Crippen LogP contribution in [0.15, 0.2) is 41.5 Å². The maximum absolute atomic E-state index is 15.4. The number of carbonyl (C=O) groups excluding carboxylic acids is 1. The highest BCUT2D eigenvalue weighted by Gasteiger charge is 2.41. The number of amides is 1. The summed E-state index contributed by atoms with van der Waals surface area (Å²) in [7, 11) is 6.24. The first-order chi connectivity index (χ1) is 21.1. The van der Waals surface area contributed by atoms with E-state index >= 15 is 8.78 Å². The maximum Gasteiger partial charge on any atom is 0.407 e. The number of methoxy groups -OCH3 is 2. The van der Waals surface area contributed by atoms with Gasteiger partial charge in [0.15, 0.2) is 0 Å². The van der Waals surface area contributed by atoms with Gasteiger partial charge in [-0.1, -0.05) is 24.3 Å². The number of rotatable bonds is 3. The number of aromatic amines is 1. The smallest absolute Gasteiger partial charge is 0.407 e. The van der Waals surface area contributed by atoms with E-state index in [4.69, 9.17) is 19.2 Å². The number of ether oxygens (including phenoxy) is 3. The summed E-state index contributed by atoms with van der Waals surface area (Å²) in [5.74, 6) is -2.79. The molecule has 8 rings (SSSR count). The SMILES string of the molecule is COC(=O)N[C@H]1C[C@H]2C[C@H]1OCCC(F)(F)c1ccc(cc1)-c1c(-c3cn(C)nc3OC)[nH]c3ncc4c(c13)n2c(=O)n4C. The minimum atomic E-state index is -3.16. The van der Waals surface area contributed by atoms with E-state index in [2.05, 4.69) is 15.4 Å². The third-order valence-electron chi connectivity index (χ3n) is 8.81. The Balaban J connectivity index is 1.56. The van der Waals surface area contributed by atoms with Crippen LogP contribution in [0.5, 0.6) is 5.88 Å². The Kier molecular flexibility index (Phi) is 6.50. The number of hydrogen-bond donors (Lipinski definition) is 2. The Morgan fingerprint density at radius 1 is 1.18 bits per heavy atom. The van der Waals surface area contributed by atoms with Crippen molar-refractivity contribution in [3.8, 4) is 28.3 Å². The van der Waals surface area contributed by atoms with Crippen molar-refractivity contribution in [3.05, 3.63) is 52.7 Å². The minimum absolute atomic E-state index is 0.145. The van der Waals surface area contributed by atoms with E-state index in [9.17, 15) is 9.59 Å². The van der Waals surface area contributed by atoms with Gasteiger partial charge in [-0.15, -0.1) is 5.10 Å². The number of H-pyrrole nitrogens is 1. The van der Waals surface area contributed by atoms with Crippen LogP contribution in [0.4, 0.5) is 13.6 Å². The van der Waals surface area contributed by atoms with E-state index < -0.39 is 36.6 Å². The third kappa shape index (κ3) is 4.26. The van der Waals surface area contributed by atoms with Crippen LogP contribution in [0.2, 0.25) is 0 Å². The molecule has 5 aromatic rings. The van der Waals surface area contributed by atoms with Gasteiger partial charge in [0.05, 0.1) is 66.8 Å². The summed E-state index contributed by atoms with van der Waals surface area (Å²) in [6.07, 6.45) is 2.25.